The first kappa shape index (κ1) is 8.30. The average Bonchev–Trinajstić information content (AvgIpc) is 2.52. The van der Waals surface area contributed by atoms with Gasteiger partial charge in [0, 0.05) is 17.8 Å². The van der Waals surface area contributed by atoms with E-state index in [1.165, 1.54) is 16.5 Å². The second-order valence-electron chi connectivity index (χ2n) is 3.73. The fraction of sp³-hybridized carbons (Fsp3) is 0.364. The molecule has 2 nitrogen and oxygen atoms in total. The molecule has 2 heterocycles. The van der Waals surface area contributed by atoms with Crippen molar-refractivity contribution in [1.29, 1.82) is 0 Å². The topological polar surface area (TPSA) is 28.7 Å². The van der Waals surface area contributed by atoms with E-state index in [1.807, 2.05) is 12.4 Å². The molecule has 0 aromatic carbocycles. The lowest BCUT2D eigenvalue weighted by Gasteiger charge is -2.08. The van der Waals surface area contributed by atoms with Gasteiger partial charge in [-0.05, 0) is 30.0 Å². The summed E-state index contributed by atoms with van der Waals surface area (Å²) in [7, 11) is 0. The predicted octanol–water partition coefficient (Wildman–Crippen LogP) is 2.99. The van der Waals surface area contributed by atoms with Gasteiger partial charge in [0.25, 0.3) is 0 Å². The molecule has 0 radical (unpaired) electrons. The van der Waals surface area contributed by atoms with E-state index in [0.717, 1.165) is 5.65 Å². The minimum atomic E-state index is 0.548. The van der Waals surface area contributed by atoms with Crippen molar-refractivity contribution < 1.29 is 0 Å². The van der Waals surface area contributed by atoms with Crippen LogP contribution in [0.15, 0.2) is 18.5 Å². The molecule has 0 fully saturated rings. The highest BCUT2D eigenvalue weighted by molar-refractivity contribution is 5.80. The molecule has 13 heavy (non-hydrogen) atoms. The predicted molar refractivity (Wildman–Crippen MR) is 54.9 cm³/mol. The highest BCUT2D eigenvalue weighted by Crippen LogP contribution is 2.23. The molecular weight excluding hydrogens is 160 g/mol. The number of aromatic nitrogens is 2. The summed E-state index contributed by atoms with van der Waals surface area (Å²) in [6, 6.07) is 2.09. The molecule has 0 aliphatic heterocycles. The summed E-state index contributed by atoms with van der Waals surface area (Å²) in [6.07, 6.45) is 3.91. The van der Waals surface area contributed by atoms with Crippen LogP contribution in [0.5, 0.6) is 0 Å². The molecule has 2 rings (SSSR count). The lowest BCUT2D eigenvalue weighted by atomic mass is 9.99. The zero-order valence-corrected chi connectivity index (χ0v) is 8.26. The van der Waals surface area contributed by atoms with Gasteiger partial charge in [-0.3, -0.25) is 0 Å². The molecular formula is C11H14N2. The zero-order chi connectivity index (χ0) is 9.42. The van der Waals surface area contributed by atoms with E-state index in [1.54, 1.807) is 0 Å². The van der Waals surface area contributed by atoms with Gasteiger partial charge in [0.05, 0.1) is 0 Å². The third-order valence-electron chi connectivity index (χ3n) is 2.52. The molecule has 1 N–H and O–H groups in total. The number of hydrogen-bond donors (Lipinski definition) is 1. The second-order valence-corrected chi connectivity index (χ2v) is 3.73. The molecule has 2 aromatic rings. The molecule has 0 saturated carbocycles. The van der Waals surface area contributed by atoms with Crippen LogP contribution in [0.1, 0.15) is 30.9 Å². The molecule has 0 bridgehead atoms. The van der Waals surface area contributed by atoms with E-state index in [9.17, 15) is 0 Å². The lowest BCUT2D eigenvalue weighted by molar-refractivity contribution is 0.852. The maximum atomic E-state index is 4.37. The smallest absolute Gasteiger partial charge is 0.137 e. The number of hydrogen-bond acceptors (Lipinski definition) is 1. The normalized spacial score (nSPS) is 11.4. The van der Waals surface area contributed by atoms with Crippen LogP contribution in [0.25, 0.3) is 11.0 Å². The van der Waals surface area contributed by atoms with E-state index in [-0.39, 0.29) is 0 Å². The van der Waals surface area contributed by atoms with Crippen molar-refractivity contribution in [2.75, 3.05) is 0 Å². The van der Waals surface area contributed by atoms with Gasteiger partial charge in [0.1, 0.15) is 5.65 Å². The third kappa shape index (κ3) is 1.22. The van der Waals surface area contributed by atoms with Gasteiger partial charge in [-0.25, -0.2) is 4.98 Å². The van der Waals surface area contributed by atoms with Crippen molar-refractivity contribution in [1.82, 2.24) is 9.97 Å². The molecule has 0 spiro atoms. The van der Waals surface area contributed by atoms with Crippen LogP contribution in [-0.4, -0.2) is 9.97 Å². The van der Waals surface area contributed by atoms with Gasteiger partial charge in [0.2, 0.25) is 0 Å². The van der Waals surface area contributed by atoms with Gasteiger partial charge < -0.3 is 4.98 Å². The SMILES string of the molecule is Cc1c(C(C)C)cnc2[nH]ccc12. The maximum absolute atomic E-state index is 4.37. The van der Waals surface area contributed by atoms with Crippen LogP contribution in [0.3, 0.4) is 0 Å². The number of aromatic amines is 1. The average molecular weight is 174 g/mol. The van der Waals surface area contributed by atoms with Crippen molar-refractivity contribution in [2.45, 2.75) is 26.7 Å². The van der Waals surface area contributed by atoms with Crippen molar-refractivity contribution in [3.05, 3.63) is 29.6 Å². The van der Waals surface area contributed by atoms with Crippen molar-refractivity contribution in [2.24, 2.45) is 0 Å². The number of nitrogens with zero attached hydrogens (tertiary/aromatic N) is 1. The monoisotopic (exact) mass is 174 g/mol. The number of pyridine rings is 1. The quantitative estimate of drug-likeness (QED) is 0.707. The van der Waals surface area contributed by atoms with E-state index in [4.69, 9.17) is 0 Å². The molecule has 0 aliphatic rings. The first-order chi connectivity index (χ1) is 6.20. The van der Waals surface area contributed by atoms with Gasteiger partial charge in [-0.2, -0.15) is 0 Å². The Morgan fingerprint density at radius 1 is 1.38 bits per heavy atom. The summed E-state index contributed by atoms with van der Waals surface area (Å²) in [6.45, 7) is 6.55. The summed E-state index contributed by atoms with van der Waals surface area (Å²) in [5, 5.41) is 1.24. The Morgan fingerprint density at radius 2 is 2.15 bits per heavy atom. The lowest BCUT2D eigenvalue weighted by Crippen LogP contribution is -1.93. The van der Waals surface area contributed by atoms with Crippen LogP contribution >= 0.6 is 0 Å². The van der Waals surface area contributed by atoms with Crippen molar-refractivity contribution >= 4 is 11.0 Å². The van der Waals surface area contributed by atoms with Gasteiger partial charge in [-0.1, -0.05) is 13.8 Å². The largest absolute Gasteiger partial charge is 0.346 e. The molecule has 0 atom stereocenters. The van der Waals surface area contributed by atoms with E-state index in [0.29, 0.717) is 5.92 Å². The van der Waals surface area contributed by atoms with Crippen molar-refractivity contribution in [3.8, 4) is 0 Å². The van der Waals surface area contributed by atoms with Crippen molar-refractivity contribution in [3.63, 3.8) is 0 Å². The van der Waals surface area contributed by atoms with Crippen LogP contribution in [0, 0.1) is 6.92 Å². The molecule has 0 amide bonds. The Kier molecular flexibility index (Phi) is 1.83. The van der Waals surface area contributed by atoms with Crippen LogP contribution in [0.2, 0.25) is 0 Å². The third-order valence-corrected chi connectivity index (χ3v) is 2.52. The minimum absolute atomic E-state index is 0.548. The highest BCUT2D eigenvalue weighted by Gasteiger charge is 2.07. The molecule has 0 unspecified atom stereocenters. The number of nitrogens with one attached hydrogen (secondary N) is 1. The molecule has 68 valence electrons. The second kappa shape index (κ2) is 2.87. The maximum Gasteiger partial charge on any atom is 0.137 e. The van der Waals surface area contributed by atoms with Gasteiger partial charge in [-0.15, -0.1) is 0 Å². The Hall–Kier alpha value is -1.31. The summed E-state index contributed by atoms with van der Waals surface area (Å²) in [4.78, 5) is 7.48. The summed E-state index contributed by atoms with van der Waals surface area (Å²) < 4.78 is 0. The molecule has 0 aliphatic carbocycles. The van der Waals surface area contributed by atoms with E-state index >= 15 is 0 Å². The van der Waals surface area contributed by atoms with E-state index < -0.39 is 0 Å². The van der Waals surface area contributed by atoms with Crippen LogP contribution in [0.4, 0.5) is 0 Å². The number of fused-ring (bicyclic) bond motifs is 1. The first-order valence-corrected chi connectivity index (χ1v) is 4.62. The summed E-state index contributed by atoms with van der Waals surface area (Å²) >= 11 is 0. The molecule has 2 aromatic heterocycles. The Labute approximate surface area is 78.0 Å². The first-order valence-electron chi connectivity index (χ1n) is 4.62. The fourth-order valence-electron chi connectivity index (χ4n) is 1.74. The van der Waals surface area contributed by atoms with Crippen LogP contribution in [-0.2, 0) is 0 Å². The zero-order valence-electron chi connectivity index (χ0n) is 8.26. The Balaban J connectivity index is 2.73. The van der Waals surface area contributed by atoms with Gasteiger partial charge >= 0.3 is 0 Å². The van der Waals surface area contributed by atoms with E-state index in [2.05, 4.69) is 36.8 Å². The number of rotatable bonds is 1. The highest BCUT2D eigenvalue weighted by atomic mass is 14.8. The standard InChI is InChI=1S/C11H14N2/c1-7(2)10-6-13-11-9(8(10)3)4-5-12-11/h4-7H,1-3H3,(H,12,13). The van der Waals surface area contributed by atoms with Gasteiger partial charge in [0.15, 0.2) is 0 Å². The van der Waals surface area contributed by atoms with Crippen LogP contribution < -0.4 is 0 Å². The molecule has 0 saturated heterocycles. The minimum Gasteiger partial charge on any atom is -0.346 e. The summed E-state index contributed by atoms with van der Waals surface area (Å²) in [5.41, 5.74) is 3.68. The Bertz CT molecular complexity index is 427. The molecule has 2 heteroatoms. The number of H-pyrrole nitrogens is 1. The Morgan fingerprint density at radius 3 is 2.85 bits per heavy atom. The number of aryl methyl sites for hydroxylation is 1. The fourth-order valence-corrected chi connectivity index (χ4v) is 1.74. The summed E-state index contributed by atoms with van der Waals surface area (Å²) in [5.74, 6) is 0.548.